The minimum absolute atomic E-state index is 0.606. The summed E-state index contributed by atoms with van der Waals surface area (Å²) >= 11 is 0. The number of ether oxygens (including phenoxy) is 2. The van der Waals surface area contributed by atoms with Crippen LogP contribution in [0.15, 0.2) is 48.5 Å². The quantitative estimate of drug-likeness (QED) is 0.684. The van der Waals surface area contributed by atoms with Crippen LogP contribution >= 0.6 is 0 Å². The van der Waals surface area contributed by atoms with Crippen molar-refractivity contribution in [3.05, 3.63) is 48.5 Å². The van der Waals surface area contributed by atoms with E-state index in [9.17, 15) is 0 Å². The zero-order valence-electron chi connectivity index (χ0n) is 8.53. The molecule has 76 valence electrons. The Morgan fingerprint density at radius 2 is 1.86 bits per heavy atom. The summed E-state index contributed by atoms with van der Waals surface area (Å²) in [6, 6.07) is 0. The minimum atomic E-state index is 0.606. The zero-order chi connectivity index (χ0) is 10.2. The molecule has 0 aromatic carbocycles. The summed E-state index contributed by atoms with van der Waals surface area (Å²) in [6.07, 6.45) is 10.5. The van der Waals surface area contributed by atoms with Crippen molar-refractivity contribution >= 4 is 0 Å². The molecule has 0 unspecified atom stereocenters. The largest absolute Gasteiger partial charge is 0.486 e. The molecule has 0 aromatic rings. The molecule has 1 fully saturated rings. The first-order valence-electron chi connectivity index (χ1n) is 4.84. The van der Waals surface area contributed by atoms with Gasteiger partial charge in [0, 0.05) is 0 Å². The first-order valence-corrected chi connectivity index (χ1v) is 4.84. The molecule has 0 radical (unpaired) electrons. The molecule has 1 saturated heterocycles. The van der Waals surface area contributed by atoms with Crippen molar-refractivity contribution in [2.24, 2.45) is 0 Å². The molecule has 0 bridgehead atoms. The van der Waals surface area contributed by atoms with E-state index < -0.39 is 0 Å². The van der Waals surface area contributed by atoms with E-state index in [1.165, 1.54) is 0 Å². The van der Waals surface area contributed by atoms with E-state index >= 15 is 0 Å². The Labute approximate surface area is 85.2 Å². The van der Waals surface area contributed by atoms with Gasteiger partial charge < -0.3 is 9.47 Å². The second kappa shape index (κ2) is 6.08. The van der Waals surface area contributed by atoms with Gasteiger partial charge in [0.25, 0.3) is 0 Å². The molecule has 0 amide bonds. The summed E-state index contributed by atoms with van der Waals surface area (Å²) in [5, 5.41) is 0. The molecule has 14 heavy (non-hydrogen) atoms. The molecule has 0 aliphatic carbocycles. The third-order valence-corrected chi connectivity index (χ3v) is 1.73. The van der Waals surface area contributed by atoms with Crippen LogP contribution in [-0.2, 0) is 9.47 Å². The minimum Gasteiger partial charge on any atom is -0.486 e. The van der Waals surface area contributed by atoms with Crippen LogP contribution in [0.5, 0.6) is 0 Å². The molecule has 2 heteroatoms. The van der Waals surface area contributed by atoms with Crippen LogP contribution in [0.25, 0.3) is 0 Å². The lowest BCUT2D eigenvalue weighted by Crippen LogP contribution is -2.13. The molecule has 1 heterocycles. The van der Waals surface area contributed by atoms with Crippen molar-refractivity contribution in [3.8, 4) is 0 Å². The molecule has 0 N–H and O–H groups in total. The van der Waals surface area contributed by atoms with Gasteiger partial charge in [-0.2, -0.15) is 0 Å². The van der Waals surface area contributed by atoms with Crippen LogP contribution in [-0.4, -0.2) is 13.2 Å². The molecule has 1 rings (SSSR count). The molecular weight excluding hydrogens is 176 g/mol. The average Bonchev–Trinajstić information content (AvgIpc) is 2.21. The highest BCUT2D eigenvalue weighted by Gasteiger charge is 2.11. The number of hydrogen-bond acceptors (Lipinski definition) is 2. The lowest BCUT2D eigenvalue weighted by atomic mass is 10.3. The standard InChI is InChI=1S/C12H16O2/c1-3-5-6-8-12-11(7-4-2)13-9-10-14-12/h4-8H,2-3,9-10H2,1H3/b6-5+,11-7+,12-8+. The second-order valence-corrected chi connectivity index (χ2v) is 2.83. The normalized spacial score (nSPS) is 22.4. The Kier molecular flexibility index (Phi) is 4.62. The van der Waals surface area contributed by atoms with E-state index in [4.69, 9.17) is 9.47 Å². The van der Waals surface area contributed by atoms with Gasteiger partial charge in [-0.25, -0.2) is 0 Å². The lowest BCUT2D eigenvalue weighted by molar-refractivity contribution is 0.0597. The third kappa shape index (κ3) is 3.13. The van der Waals surface area contributed by atoms with Crippen molar-refractivity contribution in [1.82, 2.24) is 0 Å². The van der Waals surface area contributed by atoms with Crippen LogP contribution in [0.1, 0.15) is 13.3 Å². The summed E-state index contributed by atoms with van der Waals surface area (Å²) in [5.41, 5.74) is 0. The van der Waals surface area contributed by atoms with E-state index in [0.29, 0.717) is 13.2 Å². The highest BCUT2D eigenvalue weighted by molar-refractivity contribution is 5.28. The molecule has 1 aliphatic rings. The Morgan fingerprint density at radius 3 is 2.43 bits per heavy atom. The van der Waals surface area contributed by atoms with Gasteiger partial charge in [0.2, 0.25) is 0 Å². The van der Waals surface area contributed by atoms with Gasteiger partial charge in [-0.1, -0.05) is 31.7 Å². The summed E-state index contributed by atoms with van der Waals surface area (Å²) in [4.78, 5) is 0. The molecule has 2 nitrogen and oxygen atoms in total. The van der Waals surface area contributed by atoms with Gasteiger partial charge in [-0.15, -0.1) is 0 Å². The fraction of sp³-hybridized carbons (Fsp3) is 0.333. The Bertz CT molecular complexity index is 272. The Morgan fingerprint density at radius 1 is 1.21 bits per heavy atom. The topological polar surface area (TPSA) is 18.5 Å². The van der Waals surface area contributed by atoms with Gasteiger partial charge in [0.15, 0.2) is 11.5 Å². The van der Waals surface area contributed by atoms with Crippen LogP contribution in [0.4, 0.5) is 0 Å². The maximum Gasteiger partial charge on any atom is 0.161 e. The SMILES string of the molecule is C=C/C=C1/OCCO/C1=C/C=C/CC. The first kappa shape index (κ1) is 10.6. The van der Waals surface area contributed by atoms with E-state index in [0.717, 1.165) is 17.9 Å². The molecule has 0 saturated carbocycles. The van der Waals surface area contributed by atoms with E-state index in [1.54, 1.807) is 6.08 Å². The fourth-order valence-corrected chi connectivity index (χ4v) is 1.10. The highest BCUT2D eigenvalue weighted by atomic mass is 16.6. The predicted octanol–water partition coefficient (Wildman–Crippen LogP) is 2.95. The van der Waals surface area contributed by atoms with E-state index in [-0.39, 0.29) is 0 Å². The van der Waals surface area contributed by atoms with Gasteiger partial charge in [-0.3, -0.25) is 0 Å². The summed E-state index contributed by atoms with van der Waals surface area (Å²) < 4.78 is 10.9. The number of hydrogen-bond donors (Lipinski definition) is 0. The number of allylic oxidation sites excluding steroid dienone is 5. The molecule has 0 aromatic heterocycles. The summed E-state index contributed by atoms with van der Waals surface area (Å²) in [6.45, 7) is 6.94. The lowest BCUT2D eigenvalue weighted by Gasteiger charge is -2.19. The number of rotatable bonds is 3. The predicted molar refractivity (Wildman–Crippen MR) is 57.7 cm³/mol. The summed E-state index contributed by atoms with van der Waals surface area (Å²) in [5.74, 6) is 1.54. The van der Waals surface area contributed by atoms with Crippen LogP contribution in [0.2, 0.25) is 0 Å². The maximum atomic E-state index is 5.46. The van der Waals surface area contributed by atoms with E-state index in [1.807, 2.05) is 18.2 Å². The second-order valence-electron chi connectivity index (χ2n) is 2.83. The van der Waals surface area contributed by atoms with Gasteiger partial charge in [0.1, 0.15) is 13.2 Å². The summed E-state index contributed by atoms with van der Waals surface area (Å²) in [7, 11) is 0. The van der Waals surface area contributed by atoms with E-state index in [2.05, 4.69) is 19.6 Å². The Balaban J connectivity index is 2.71. The average molecular weight is 192 g/mol. The maximum absolute atomic E-state index is 5.46. The van der Waals surface area contributed by atoms with Crippen LogP contribution < -0.4 is 0 Å². The van der Waals surface area contributed by atoms with Crippen molar-refractivity contribution in [3.63, 3.8) is 0 Å². The fourth-order valence-electron chi connectivity index (χ4n) is 1.10. The van der Waals surface area contributed by atoms with Crippen molar-refractivity contribution < 1.29 is 9.47 Å². The zero-order valence-corrected chi connectivity index (χ0v) is 8.53. The highest BCUT2D eigenvalue weighted by Crippen LogP contribution is 2.18. The molecule has 1 aliphatic heterocycles. The molecule has 0 atom stereocenters. The van der Waals surface area contributed by atoms with Gasteiger partial charge in [-0.05, 0) is 18.6 Å². The Hall–Kier alpha value is -1.44. The van der Waals surface area contributed by atoms with Gasteiger partial charge >= 0.3 is 0 Å². The van der Waals surface area contributed by atoms with Crippen molar-refractivity contribution in [1.29, 1.82) is 0 Å². The van der Waals surface area contributed by atoms with Crippen LogP contribution in [0.3, 0.4) is 0 Å². The van der Waals surface area contributed by atoms with Gasteiger partial charge in [0.05, 0.1) is 0 Å². The van der Waals surface area contributed by atoms with Crippen molar-refractivity contribution in [2.75, 3.05) is 13.2 Å². The molecule has 0 spiro atoms. The van der Waals surface area contributed by atoms with Crippen molar-refractivity contribution in [2.45, 2.75) is 13.3 Å². The monoisotopic (exact) mass is 192 g/mol. The smallest absolute Gasteiger partial charge is 0.161 e. The third-order valence-electron chi connectivity index (χ3n) is 1.73. The molecular formula is C12H16O2. The first-order chi connectivity index (χ1) is 6.88. The van der Waals surface area contributed by atoms with Crippen LogP contribution in [0, 0.1) is 0 Å².